The van der Waals surface area contributed by atoms with Gasteiger partial charge in [0.1, 0.15) is 11.5 Å². The van der Waals surface area contributed by atoms with Gasteiger partial charge in [-0.05, 0) is 54.4 Å². The minimum Gasteiger partial charge on any atom is -0.350 e. The average molecular weight is 342 g/mol. The van der Waals surface area contributed by atoms with Gasteiger partial charge in [0.05, 0.1) is 0 Å². The lowest BCUT2D eigenvalue weighted by Crippen LogP contribution is -2.37. The number of aromatic nitrogens is 1. The first-order chi connectivity index (χ1) is 11.7. The third-order valence-corrected chi connectivity index (χ3v) is 5.54. The van der Waals surface area contributed by atoms with Crippen molar-refractivity contribution in [2.24, 2.45) is 10.8 Å². The van der Waals surface area contributed by atoms with Gasteiger partial charge < -0.3 is 9.42 Å². The molecule has 0 N–H and O–H groups in total. The normalized spacial score (nSPS) is 27.5. The summed E-state index contributed by atoms with van der Waals surface area (Å²) < 4.78 is 18.4. The summed E-state index contributed by atoms with van der Waals surface area (Å²) in [4.78, 5) is 14.9. The lowest BCUT2D eigenvalue weighted by Gasteiger charge is -2.39. The molecule has 2 bridgehead atoms. The maximum Gasteiger partial charge on any atom is 0.292 e. The molecule has 132 valence electrons. The molecule has 1 saturated carbocycles. The van der Waals surface area contributed by atoms with Gasteiger partial charge in [0.15, 0.2) is 0 Å². The molecule has 1 saturated heterocycles. The highest BCUT2D eigenvalue weighted by Gasteiger charge is 2.51. The fourth-order valence-electron chi connectivity index (χ4n) is 4.97. The van der Waals surface area contributed by atoms with E-state index in [1.54, 1.807) is 18.2 Å². The Morgan fingerprint density at radius 3 is 2.68 bits per heavy atom. The molecule has 4 nitrogen and oxygen atoms in total. The average Bonchev–Trinajstić information content (AvgIpc) is 3.09. The lowest BCUT2D eigenvalue weighted by atomic mass is 9.65. The van der Waals surface area contributed by atoms with E-state index in [1.807, 2.05) is 4.90 Å². The Morgan fingerprint density at radius 1 is 1.24 bits per heavy atom. The van der Waals surface area contributed by atoms with Crippen molar-refractivity contribution >= 4 is 5.91 Å². The van der Waals surface area contributed by atoms with Crippen molar-refractivity contribution in [1.82, 2.24) is 10.1 Å². The standard InChI is InChI=1S/C20H23FN2O2/c1-19(2)9-15-10-20(3,11-19)12-23(15)18(24)17-8-16(22-25-17)13-4-6-14(21)7-5-13/h4-8,15H,9-12H2,1-3H3/t15-,20-/m0/s1. The number of benzene rings is 1. The molecule has 1 aromatic heterocycles. The molecule has 2 atom stereocenters. The highest BCUT2D eigenvalue weighted by Crippen LogP contribution is 2.52. The van der Waals surface area contributed by atoms with Crippen molar-refractivity contribution in [1.29, 1.82) is 0 Å². The molecule has 1 aliphatic heterocycles. The van der Waals surface area contributed by atoms with E-state index in [-0.39, 0.29) is 34.4 Å². The van der Waals surface area contributed by atoms with Gasteiger partial charge in [-0.1, -0.05) is 25.9 Å². The molecule has 5 heteroatoms. The molecular formula is C20H23FN2O2. The summed E-state index contributed by atoms with van der Waals surface area (Å²) in [5, 5.41) is 4.00. The van der Waals surface area contributed by atoms with Gasteiger partial charge in [0, 0.05) is 24.2 Å². The van der Waals surface area contributed by atoms with Crippen LogP contribution in [0.4, 0.5) is 4.39 Å². The van der Waals surface area contributed by atoms with Crippen LogP contribution in [0.5, 0.6) is 0 Å². The Bertz CT molecular complexity index is 811. The molecule has 2 fully saturated rings. The van der Waals surface area contributed by atoms with Crippen molar-refractivity contribution in [3.05, 3.63) is 41.9 Å². The summed E-state index contributed by atoms with van der Waals surface area (Å²) in [5.74, 6) is -0.135. The summed E-state index contributed by atoms with van der Waals surface area (Å²) in [6, 6.07) is 7.93. The summed E-state index contributed by atoms with van der Waals surface area (Å²) in [5.41, 5.74) is 1.73. The monoisotopic (exact) mass is 342 g/mol. The Morgan fingerprint density at radius 2 is 1.96 bits per heavy atom. The van der Waals surface area contributed by atoms with Crippen molar-refractivity contribution in [2.45, 2.75) is 46.1 Å². The second-order valence-corrected chi connectivity index (χ2v) is 8.73. The number of hydrogen-bond donors (Lipinski definition) is 0. The lowest BCUT2D eigenvalue weighted by molar-refractivity contribution is 0.0667. The number of carbonyl (C=O) groups excluding carboxylic acids is 1. The summed E-state index contributed by atoms with van der Waals surface area (Å²) in [6.07, 6.45) is 3.21. The molecule has 0 radical (unpaired) electrons. The van der Waals surface area contributed by atoms with Gasteiger partial charge in [-0.25, -0.2) is 4.39 Å². The molecule has 1 aliphatic carbocycles. The molecule has 2 heterocycles. The van der Waals surface area contributed by atoms with Crippen molar-refractivity contribution < 1.29 is 13.7 Å². The van der Waals surface area contributed by atoms with E-state index < -0.39 is 0 Å². The molecule has 1 aromatic carbocycles. The summed E-state index contributed by atoms with van der Waals surface area (Å²) >= 11 is 0. The first kappa shape index (κ1) is 16.3. The molecule has 2 aromatic rings. The quantitative estimate of drug-likeness (QED) is 0.806. The predicted molar refractivity (Wildman–Crippen MR) is 92.5 cm³/mol. The predicted octanol–water partition coefficient (Wildman–Crippen LogP) is 4.52. The highest BCUT2D eigenvalue weighted by molar-refractivity contribution is 5.93. The van der Waals surface area contributed by atoms with Crippen molar-refractivity contribution in [3.63, 3.8) is 0 Å². The van der Waals surface area contributed by atoms with Crippen LogP contribution in [0.1, 0.15) is 50.6 Å². The fourth-order valence-corrected chi connectivity index (χ4v) is 4.97. The van der Waals surface area contributed by atoms with Gasteiger partial charge >= 0.3 is 0 Å². The zero-order chi connectivity index (χ0) is 17.8. The Kier molecular flexibility index (Phi) is 3.53. The minimum absolute atomic E-state index is 0.0905. The zero-order valence-electron chi connectivity index (χ0n) is 14.9. The van der Waals surface area contributed by atoms with Gasteiger partial charge in [-0.3, -0.25) is 4.79 Å². The van der Waals surface area contributed by atoms with Crippen LogP contribution in [0.3, 0.4) is 0 Å². The van der Waals surface area contributed by atoms with Gasteiger partial charge in [-0.2, -0.15) is 0 Å². The van der Waals surface area contributed by atoms with Crippen LogP contribution in [0.15, 0.2) is 34.9 Å². The molecular weight excluding hydrogens is 319 g/mol. The van der Waals surface area contributed by atoms with Crippen LogP contribution in [0.25, 0.3) is 11.3 Å². The van der Waals surface area contributed by atoms with E-state index in [4.69, 9.17) is 4.52 Å². The molecule has 0 spiro atoms. The van der Waals surface area contributed by atoms with E-state index in [9.17, 15) is 9.18 Å². The van der Waals surface area contributed by atoms with Crippen LogP contribution in [0.2, 0.25) is 0 Å². The highest BCUT2D eigenvalue weighted by atomic mass is 19.1. The van der Waals surface area contributed by atoms with Crippen molar-refractivity contribution in [3.8, 4) is 11.3 Å². The van der Waals surface area contributed by atoms with Crippen LogP contribution < -0.4 is 0 Å². The number of carbonyl (C=O) groups is 1. The van der Waals surface area contributed by atoms with Crippen LogP contribution >= 0.6 is 0 Å². The SMILES string of the molecule is CC1(C)C[C@H]2C[C@](C)(CN2C(=O)c2cc(-c3ccc(F)cc3)no2)C1. The summed E-state index contributed by atoms with van der Waals surface area (Å²) in [6.45, 7) is 7.62. The zero-order valence-corrected chi connectivity index (χ0v) is 14.9. The topological polar surface area (TPSA) is 46.3 Å². The number of fused-ring (bicyclic) bond motifs is 2. The second kappa shape index (κ2) is 5.41. The van der Waals surface area contributed by atoms with Crippen molar-refractivity contribution in [2.75, 3.05) is 6.54 Å². The third kappa shape index (κ3) is 2.96. The first-order valence-electron chi connectivity index (χ1n) is 8.78. The number of halogens is 1. The minimum atomic E-state index is -0.302. The summed E-state index contributed by atoms with van der Waals surface area (Å²) in [7, 11) is 0. The number of nitrogens with zero attached hydrogens (tertiary/aromatic N) is 2. The van der Waals surface area contributed by atoms with Crippen LogP contribution in [0, 0.1) is 16.6 Å². The number of hydrogen-bond acceptors (Lipinski definition) is 3. The fraction of sp³-hybridized carbons (Fsp3) is 0.500. The van der Waals surface area contributed by atoms with Gasteiger partial charge in [0.25, 0.3) is 5.91 Å². The Balaban J connectivity index is 1.57. The largest absolute Gasteiger partial charge is 0.350 e. The van der Waals surface area contributed by atoms with Gasteiger partial charge in [-0.15, -0.1) is 0 Å². The van der Waals surface area contributed by atoms with E-state index >= 15 is 0 Å². The van der Waals surface area contributed by atoms with E-state index in [2.05, 4.69) is 25.9 Å². The maximum absolute atomic E-state index is 13.1. The van der Waals surface area contributed by atoms with E-state index in [0.717, 1.165) is 31.4 Å². The van der Waals surface area contributed by atoms with Gasteiger partial charge in [0.2, 0.25) is 5.76 Å². The molecule has 25 heavy (non-hydrogen) atoms. The number of likely N-dealkylation sites (tertiary alicyclic amines) is 1. The maximum atomic E-state index is 13.1. The molecule has 1 amide bonds. The van der Waals surface area contributed by atoms with Crippen LogP contribution in [-0.4, -0.2) is 28.6 Å². The first-order valence-corrected chi connectivity index (χ1v) is 8.78. The smallest absolute Gasteiger partial charge is 0.292 e. The second-order valence-electron chi connectivity index (χ2n) is 8.73. The number of amides is 1. The van der Waals surface area contributed by atoms with E-state index in [1.165, 1.54) is 12.1 Å². The molecule has 2 aliphatic rings. The van der Waals surface area contributed by atoms with E-state index in [0.29, 0.717) is 5.69 Å². The third-order valence-electron chi connectivity index (χ3n) is 5.54. The van der Waals surface area contributed by atoms with Crippen LogP contribution in [-0.2, 0) is 0 Å². The molecule has 4 rings (SSSR count). The molecule has 0 unspecified atom stereocenters. The number of rotatable bonds is 2. The Labute approximate surface area is 147 Å². The Hall–Kier alpha value is -2.17.